The number of amides is 1. The van der Waals surface area contributed by atoms with Gasteiger partial charge in [0.2, 0.25) is 5.91 Å². The van der Waals surface area contributed by atoms with Crippen LogP contribution in [0, 0.1) is 0 Å². The summed E-state index contributed by atoms with van der Waals surface area (Å²) in [5.41, 5.74) is 2.07. The van der Waals surface area contributed by atoms with Gasteiger partial charge in [-0.05, 0) is 50.4 Å². The molecule has 1 aliphatic rings. The van der Waals surface area contributed by atoms with Crippen molar-refractivity contribution in [2.45, 2.75) is 17.1 Å². The summed E-state index contributed by atoms with van der Waals surface area (Å²) in [5.74, 6) is 0.0289. The van der Waals surface area contributed by atoms with E-state index in [4.69, 9.17) is 0 Å². The van der Waals surface area contributed by atoms with Gasteiger partial charge in [0.05, 0.1) is 5.25 Å². The molecule has 0 saturated carbocycles. The van der Waals surface area contributed by atoms with Crippen molar-refractivity contribution in [3.8, 4) is 0 Å². The molecule has 5 heteroatoms. The van der Waals surface area contributed by atoms with E-state index >= 15 is 0 Å². The van der Waals surface area contributed by atoms with E-state index in [9.17, 15) is 4.79 Å². The molecule has 1 atom stereocenters. The molecule has 1 amide bonds. The van der Waals surface area contributed by atoms with Gasteiger partial charge in [-0.2, -0.15) is 0 Å². The van der Waals surface area contributed by atoms with E-state index in [2.05, 4.69) is 34.3 Å². The minimum atomic E-state index is -0.139. The van der Waals surface area contributed by atoms with Gasteiger partial charge >= 0.3 is 0 Å². The molecule has 3 rings (SSSR count). The monoisotopic (exact) mass is 355 g/mol. The summed E-state index contributed by atoms with van der Waals surface area (Å²) in [4.78, 5) is 18.2. The number of rotatable bonds is 5. The Bertz CT molecular complexity index is 682. The average Bonchev–Trinajstić information content (AvgIpc) is 2.64. The van der Waals surface area contributed by atoms with Gasteiger partial charge in [0.15, 0.2) is 0 Å². The van der Waals surface area contributed by atoms with E-state index in [0.717, 1.165) is 36.8 Å². The van der Waals surface area contributed by atoms with Crippen molar-refractivity contribution in [3.05, 3.63) is 54.6 Å². The number of hydrogen-bond acceptors (Lipinski definition) is 4. The van der Waals surface area contributed by atoms with Crippen LogP contribution in [0.5, 0.6) is 0 Å². The maximum atomic E-state index is 12.4. The fourth-order valence-electron chi connectivity index (χ4n) is 2.82. The van der Waals surface area contributed by atoms with Crippen LogP contribution in [0.25, 0.3) is 0 Å². The van der Waals surface area contributed by atoms with Crippen LogP contribution in [-0.4, -0.2) is 49.3 Å². The molecule has 2 aromatic carbocycles. The number of piperazine rings is 1. The van der Waals surface area contributed by atoms with Gasteiger partial charge in [0, 0.05) is 42.4 Å². The Balaban J connectivity index is 1.54. The molecule has 25 heavy (non-hydrogen) atoms. The molecule has 1 unspecified atom stereocenters. The van der Waals surface area contributed by atoms with Gasteiger partial charge in [-0.15, -0.1) is 11.8 Å². The third-order valence-electron chi connectivity index (χ3n) is 4.43. The van der Waals surface area contributed by atoms with Crippen LogP contribution in [-0.2, 0) is 4.79 Å². The molecular formula is C20H25N3OS. The Morgan fingerprint density at radius 2 is 1.64 bits per heavy atom. The highest BCUT2D eigenvalue weighted by Gasteiger charge is 2.16. The van der Waals surface area contributed by atoms with Gasteiger partial charge < -0.3 is 15.1 Å². The quantitative estimate of drug-likeness (QED) is 0.832. The number of thioether (sulfide) groups is 1. The molecule has 132 valence electrons. The summed E-state index contributed by atoms with van der Waals surface area (Å²) in [6.45, 7) is 6.21. The number of carbonyl (C=O) groups excluding carboxylic acids is 1. The van der Waals surface area contributed by atoms with E-state index in [1.54, 1.807) is 11.8 Å². The van der Waals surface area contributed by atoms with E-state index in [1.165, 1.54) is 5.69 Å². The van der Waals surface area contributed by atoms with Crippen LogP contribution in [0.1, 0.15) is 6.92 Å². The summed E-state index contributed by atoms with van der Waals surface area (Å²) in [6, 6.07) is 18.2. The van der Waals surface area contributed by atoms with E-state index < -0.39 is 0 Å². The van der Waals surface area contributed by atoms with E-state index in [1.807, 2.05) is 49.4 Å². The first-order valence-corrected chi connectivity index (χ1v) is 9.56. The summed E-state index contributed by atoms with van der Waals surface area (Å²) in [6.07, 6.45) is 0. The molecule has 0 spiro atoms. The fraction of sp³-hybridized carbons (Fsp3) is 0.350. The smallest absolute Gasteiger partial charge is 0.237 e. The highest BCUT2D eigenvalue weighted by Crippen LogP contribution is 2.24. The van der Waals surface area contributed by atoms with E-state index in [0.29, 0.717) is 0 Å². The van der Waals surface area contributed by atoms with Crippen molar-refractivity contribution in [3.63, 3.8) is 0 Å². The van der Waals surface area contributed by atoms with Crippen molar-refractivity contribution in [1.29, 1.82) is 0 Å². The van der Waals surface area contributed by atoms with Gasteiger partial charge in [0.1, 0.15) is 0 Å². The third-order valence-corrected chi connectivity index (χ3v) is 5.54. The molecule has 2 aromatic rings. The molecule has 0 aromatic heterocycles. The molecule has 1 N–H and O–H groups in total. The van der Waals surface area contributed by atoms with Gasteiger partial charge in [-0.3, -0.25) is 4.79 Å². The Morgan fingerprint density at radius 1 is 1.00 bits per heavy atom. The second kappa shape index (κ2) is 8.41. The van der Waals surface area contributed by atoms with Gasteiger partial charge in [-0.25, -0.2) is 0 Å². The molecule has 0 bridgehead atoms. The summed E-state index contributed by atoms with van der Waals surface area (Å²) >= 11 is 1.57. The molecule has 1 saturated heterocycles. The molecule has 0 radical (unpaired) electrons. The lowest BCUT2D eigenvalue weighted by Crippen LogP contribution is -2.44. The largest absolute Gasteiger partial charge is 0.369 e. The SMILES string of the molecule is CC(Sc1ccccc1)C(=O)Nc1ccc(N2CCN(C)CC2)cc1. The maximum absolute atomic E-state index is 12.4. The standard InChI is InChI=1S/C20H25N3OS/c1-16(25-19-6-4-3-5-7-19)20(24)21-17-8-10-18(11-9-17)23-14-12-22(2)13-15-23/h3-11,16H,12-15H2,1-2H3,(H,21,24). The Labute approximate surface area is 154 Å². The number of hydrogen-bond donors (Lipinski definition) is 1. The fourth-order valence-corrected chi connectivity index (χ4v) is 3.71. The van der Waals surface area contributed by atoms with Crippen LogP contribution < -0.4 is 10.2 Å². The number of nitrogens with one attached hydrogen (secondary N) is 1. The minimum Gasteiger partial charge on any atom is -0.369 e. The first-order chi connectivity index (χ1) is 12.1. The Morgan fingerprint density at radius 3 is 2.28 bits per heavy atom. The van der Waals surface area contributed by atoms with Crippen molar-refractivity contribution in [1.82, 2.24) is 4.90 Å². The topological polar surface area (TPSA) is 35.6 Å². The van der Waals surface area contributed by atoms with Crippen molar-refractivity contribution in [2.75, 3.05) is 43.4 Å². The number of anilines is 2. The highest BCUT2D eigenvalue weighted by molar-refractivity contribution is 8.00. The zero-order chi connectivity index (χ0) is 17.6. The summed E-state index contributed by atoms with van der Waals surface area (Å²) in [5, 5.41) is 2.87. The zero-order valence-electron chi connectivity index (χ0n) is 14.8. The summed E-state index contributed by atoms with van der Waals surface area (Å²) < 4.78 is 0. The Kier molecular flexibility index (Phi) is 6.00. The molecule has 1 aliphatic heterocycles. The number of likely N-dealkylation sites (N-methyl/N-ethyl adjacent to an activating group) is 1. The second-order valence-corrected chi connectivity index (χ2v) is 7.81. The van der Waals surface area contributed by atoms with Crippen LogP contribution in [0.2, 0.25) is 0 Å². The lowest BCUT2D eigenvalue weighted by atomic mass is 10.2. The van der Waals surface area contributed by atoms with Gasteiger partial charge in [-0.1, -0.05) is 18.2 Å². The zero-order valence-corrected chi connectivity index (χ0v) is 15.6. The molecule has 1 heterocycles. The van der Waals surface area contributed by atoms with Crippen molar-refractivity contribution in [2.24, 2.45) is 0 Å². The van der Waals surface area contributed by atoms with Crippen LogP contribution in [0.3, 0.4) is 0 Å². The number of benzene rings is 2. The van der Waals surface area contributed by atoms with Gasteiger partial charge in [0.25, 0.3) is 0 Å². The molecular weight excluding hydrogens is 330 g/mol. The lowest BCUT2D eigenvalue weighted by molar-refractivity contribution is -0.115. The third kappa shape index (κ3) is 5.00. The summed E-state index contributed by atoms with van der Waals surface area (Å²) in [7, 11) is 2.16. The second-order valence-electron chi connectivity index (χ2n) is 6.40. The maximum Gasteiger partial charge on any atom is 0.237 e. The lowest BCUT2D eigenvalue weighted by Gasteiger charge is -2.34. The predicted molar refractivity (Wildman–Crippen MR) is 107 cm³/mol. The molecule has 0 aliphatic carbocycles. The van der Waals surface area contributed by atoms with Crippen LogP contribution >= 0.6 is 11.8 Å². The number of carbonyl (C=O) groups is 1. The number of nitrogens with zero attached hydrogens (tertiary/aromatic N) is 2. The average molecular weight is 356 g/mol. The van der Waals surface area contributed by atoms with E-state index in [-0.39, 0.29) is 11.2 Å². The minimum absolute atomic E-state index is 0.0289. The molecule has 4 nitrogen and oxygen atoms in total. The first kappa shape index (κ1) is 17.8. The first-order valence-electron chi connectivity index (χ1n) is 8.68. The highest BCUT2D eigenvalue weighted by atomic mass is 32.2. The normalized spacial score (nSPS) is 16.5. The molecule has 1 fully saturated rings. The van der Waals surface area contributed by atoms with Crippen LogP contribution in [0.4, 0.5) is 11.4 Å². The van der Waals surface area contributed by atoms with Crippen LogP contribution in [0.15, 0.2) is 59.5 Å². The predicted octanol–water partition coefficient (Wildman–Crippen LogP) is 3.56. The van der Waals surface area contributed by atoms with Crippen molar-refractivity contribution < 1.29 is 4.79 Å². The van der Waals surface area contributed by atoms with Crippen molar-refractivity contribution >= 4 is 29.0 Å². The Hall–Kier alpha value is -1.98.